The van der Waals surface area contributed by atoms with Gasteiger partial charge in [-0.1, -0.05) is 31.9 Å². The van der Waals surface area contributed by atoms with Gasteiger partial charge in [-0.05, 0) is 40.6 Å². The maximum absolute atomic E-state index is 12.2. The monoisotopic (exact) mass is 381 g/mol. The largest absolute Gasteiger partial charge is 0.486 e. The number of hydrogen-bond donors (Lipinski definition) is 2. The molecule has 0 spiro atoms. The number of carboxylic acids is 1. The second-order valence-corrected chi connectivity index (χ2v) is 6.20. The number of halogens is 1. The molecule has 1 heterocycles. The molecule has 2 unspecified atom stereocenters. The number of tetrazole rings is 1. The van der Waals surface area contributed by atoms with Gasteiger partial charge < -0.3 is 15.2 Å². The molecule has 0 aliphatic rings. The number of carboxylic acid groups (broad SMARTS) is 1. The van der Waals surface area contributed by atoms with Crippen LogP contribution in [-0.4, -0.2) is 43.2 Å². The van der Waals surface area contributed by atoms with Crippen LogP contribution in [-0.2, 0) is 22.7 Å². The van der Waals surface area contributed by atoms with E-state index in [0.29, 0.717) is 23.0 Å². The van der Waals surface area contributed by atoms with Crippen molar-refractivity contribution in [2.75, 3.05) is 0 Å². The molecule has 0 fully saturated rings. The third kappa shape index (κ3) is 5.41. The van der Waals surface area contributed by atoms with Gasteiger partial charge in [-0.2, -0.15) is 0 Å². The molecule has 0 bridgehead atoms. The van der Waals surface area contributed by atoms with Crippen LogP contribution in [0, 0.1) is 5.92 Å². The smallest absolute Gasteiger partial charge is 0.326 e. The van der Waals surface area contributed by atoms with E-state index >= 15 is 0 Å². The Bertz CT molecular complexity index is 749. The second-order valence-electron chi connectivity index (χ2n) is 5.76. The van der Waals surface area contributed by atoms with Crippen LogP contribution in [0.2, 0.25) is 5.02 Å². The second kappa shape index (κ2) is 9.14. The highest BCUT2D eigenvalue weighted by molar-refractivity contribution is 6.30. The van der Waals surface area contributed by atoms with Gasteiger partial charge in [-0.15, -0.1) is 5.10 Å². The van der Waals surface area contributed by atoms with Crippen LogP contribution in [0.4, 0.5) is 0 Å². The Morgan fingerprint density at radius 2 is 2.04 bits per heavy atom. The summed E-state index contributed by atoms with van der Waals surface area (Å²) in [5.74, 6) is -0.840. The first-order valence-electron chi connectivity index (χ1n) is 8.06. The van der Waals surface area contributed by atoms with Gasteiger partial charge in [0.1, 0.15) is 24.9 Å². The van der Waals surface area contributed by atoms with Crippen molar-refractivity contribution in [3.63, 3.8) is 0 Å². The summed E-state index contributed by atoms with van der Waals surface area (Å²) in [6.07, 6.45) is 0.627. The van der Waals surface area contributed by atoms with E-state index in [1.54, 1.807) is 31.2 Å². The van der Waals surface area contributed by atoms with E-state index in [4.69, 9.17) is 16.3 Å². The van der Waals surface area contributed by atoms with E-state index in [-0.39, 0.29) is 19.1 Å². The molecule has 0 aliphatic carbocycles. The number of aromatic nitrogens is 4. The molecule has 0 saturated heterocycles. The molecule has 2 rings (SSSR count). The summed E-state index contributed by atoms with van der Waals surface area (Å²) in [6.45, 7) is 3.48. The number of carbonyl (C=O) groups excluding carboxylic acids is 1. The van der Waals surface area contributed by atoms with Gasteiger partial charge in [0.05, 0.1) is 0 Å². The van der Waals surface area contributed by atoms with Gasteiger partial charge in [-0.25, -0.2) is 9.48 Å². The zero-order valence-electron chi connectivity index (χ0n) is 14.4. The summed E-state index contributed by atoms with van der Waals surface area (Å²) in [6, 6.07) is 5.82. The number of rotatable bonds is 9. The summed E-state index contributed by atoms with van der Waals surface area (Å²) in [5.41, 5.74) is 0. The Hall–Kier alpha value is -2.68. The van der Waals surface area contributed by atoms with E-state index in [0.717, 1.165) is 0 Å². The number of amides is 1. The zero-order chi connectivity index (χ0) is 19.1. The van der Waals surface area contributed by atoms with Gasteiger partial charge in [0, 0.05) is 5.02 Å². The van der Waals surface area contributed by atoms with Crippen LogP contribution >= 0.6 is 11.6 Å². The lowest BCUT2D eigenvalue weighted by Gasteiger charge is -2.20. The molecule has 1 aromatic heterocycles. The maximum Gasteiger partial charge on any atom is 0.326 e. The average molecular weight is 382 g/mol. The zero-order valence-corrected chi connectivity index (χ0v) is 15.2. The number of ether oxygens (including phenoxy) is 1. The summed E-state index contributed by atoms with van der Waals surface area (Å²) in [4.78, 5) is 23.5. The summed E-state index contributed by atoms with van der Waals surface area (Å²) < 4.78 is 6.82. The van der Waals surface area contributed by atoms with Gasteiger partial charge in [0.2, 0.25) is 5.91 Å². The van der Waals surface area contributed by atoms with Crippen molar-refractivity contribution in [2.45, 2.75) is 39.5 Å². The summed E-state index contributed by atoms with van der Waals surface area (Å²) in [7, 11) is 0. The van der Waals surface area contributed by atoms with E-state index < -0.39 is 17.9 Å². The van der Waals surface area contributed by atoms with E-state index in [2.05, 4.69) is 20.8 Å². The van der Waals surface area contributed by atoms with Crippen molar-refractivity contribution < 1.29 is 19.4 Å². The molecule has 10 heteroatoms. The minimum atomic E-state index is -1.07. The van der Waals surface area contributed by atoms with Gasteiger partial charge in [0.15, 0.2) is 5.82 Å². The highest BCUT2D eigenvalue weighted by Crippen LogP contribution is 2.16. The van der Waals surface area contributed by atoms with Crippen LogP contribution in [0.5, 0.6) is 5.75 Å². The highest BCUT2D eigenvalue weighted by atomic mass is 35.5. The number of benzene rings is 1. The first-order valence-corrected chi connectivity index (χ1v) is 8.44. The van der Waals surface area contributed by atoms with Crippen molar-refractivity contribution in [1.82, 2.24) is 25.5 Å². The molecule has 2 atom stereocenters. The predicted octanol–water partition coefficient (Wildman–Crippen LogP) is 1.52. The fourth-order valence-corrected chi connectivity index (χ4v) is 2.29. The molecule has 0 radical (unpaired) electrons. The Balaban J connectivity index is 1.95. The molecule has 140 valence electrons. The standard InChI is InChI=1S/C16H20ClN5O4/c1-3-10(2)15(16(24)25)18-14(23)8-22-13(19-20-21-22)9-26-12-6-4-11(17)5-7-12/h4-7,10,15H,3,8-9H2,1-2H3,(H,18,23)(H,24,25). The molecular weight excluding hydrogens is 362 g/mol. The molecule has 26 heavy (non-hydrogen) atoms. The fraction of sp³-hybridized carbons (Fsp3) is 0.438. The maximum atomic E-state index is 12.2. The van der Waals surface area contributed by atoms with Crippen molar-refractivity contribution in [3.8, 4) is 5.75 Å². The molecular formula is C16H20ClN5O4. The molecule has 0 aliphatic heterocycles. The van der Waals surface area contributed by atoms with Crippen molar-refractivity contribution in [2.24, 2.45) is 5.92 Å². The lowest BCUT2D eigenvalue weighted by molar-refractivity contribution is -0.143. The van der Waals surface area contributed by atoms with Crippen molar-refractivity contribution in [1.29, 1.82) is 0 Å². The first kappa shape index (κ1) is 19.6. The van der Waals surface area contributed by atoms with Crippen molar-refractivity contribution in [3.05, 3.63) is 35.1 Å². The van der Waals surface area contributed by atoms with Crippen LogP contribution in [0.3, 0.4) is 0 Å². The summed E-state index contributed by atoms with van der Waals surface area (Å²) in [5, 5.41) is 23.4. The van der Waals surface area contributed by atoms with E-state index in [9.17, 15) is 14.7 Å². The molecule has 0 saturated carbocycles. The number of nitrogens with zero attached hydrogens (tertiary/aromatic N) is 4. The average Bonchev–Trinajstić information content (AvgIpc) is 3.05. The van der Waals surface area contributed by atoms with Crippen LogP contribution < -0.4 is 10.1 Å². The van der Waals surface area contributed by atoms with E-state index in [1.165, 1.54) is 4.68 Å². The third-order valence-corrected chi connectivity index (χ3v) is 4.13. The minimum Gasteiger partial charge on any atom is -0.486 e. The van der Waals surface area contributed by atoms with Gasteiger partial charge >= 0.3 is 5.97 Å². The highest BCUT2D eigenvalue weighted by Gasteiger charge is 2.25. The molecule has 2 aromatic rings. The Labute approximate surface area is 155 Å². The molecule has 1 aromatic carbocycles. The fourth-order valence-electron chi connectivity index (χ4n) is 2.17. The SMILES string of the molecule is CCC(C)C(NC(=O)Cn1nnnc1COc1ccc(Cl)cc1)C(=O)O. The van der Waals surface area contributed by atoms with Gasteiger partial charge in [-0.3, -0.25) is 4.79 Å². The minimum absolute atomic E-state index is 0.0512. The Morgan fingerprint density at radius 1 is 1.35 bits per heavy atom. The quantitative estimate of drug-likeness (QED) is 0.675. The molecule has 1 amide bonds. The molecule has 9 nitrogen and oxygen atoms in total. The lowest BCUT2D eigenvalue weighted by atomic mass is 9.99. The third-order valence-electron chi connectivity index (χ3n) is 3.88. The normalized spacial score (nSPS) is 13.0. The van der Waals surface area contributed by atoms with Crippen LogP contribution in [0.1, 0.15) is 26.1 Å². The van der Waals surface area contributed by atoms with E-state index in [1.807, 2.05) is 6.92 Å². The predicted molar refractivity (Wildman–Crippen MR) is 92.6 cm³/mol. The lowest BCUT2D eigenvalue weighted by Crippen LogP contribution is -2.46. The molecule has 2 N–H and O–H groups in total. The Morgan fingerprint density at radius 3 is 2.65 bits per heavy atom. The van der Waals surface area contributed by atoms with Crippen LogP contribution in [0.25, 0.3) is 0 Å². The number of carbonyl (C=O) groups is 2. The first-order chi connectivity index (χ1) is 12.4. The number of hydrogen-bond acceptors (Lipinski definition) is 6. The van der Waals surface area contributed by atoms with Crippen LogP contribution in [0.15, 0.2) is 24.3 Å². The number of nitrogens with one attached hydrogen (secondary N) is 1. The topological polar surface area (TPSA) is 119 Å². The van der Waals surface area contributed by atoms with Gasteiger partial charge in [0.25, 0.3) is 0 Å². The Kier molecular flexibility index (Phi) is 6.90. The number of aliphatic carboxylic acids is 1. The van der Waals surface area contributed by atoms with Crippen molar-refractivity contribution >= 4 is 23.5 Å². The summed E-state index contributed by atoms with van der Waals surface area (Å²) >= 11 is 5.81.